The molecule has 0 radical (unpaired) electrons. The quantitative estimate of drug-likeness (QED) is 0.736. The minimum atomic E-state index is 0.0352. The number of amides is 1. The molecule has 0 saturated heterocycles. The van der Waals surface area contributed by atoms with Gasteiger partial charge in [0.25, 0.3) is 0 Å². The minimum absolute atomic E-state index is 0.0352. The molecule has 2 aromatic rings. The summed E-state index contributed by atoms with van der Waals surface area (Å²) in [6, 6.07) is 5.64. The summed E-state index contributed by atoms with van der Waals surface area (Å²) >= 11 is 0. The predicted molar refractivity (Wildman–Crippen MR) is 67.8 cm³/mol. The van der Waals surface area contributed by atoms with Crippen LogP contribution in [0.5, 0.6) is 0 Å². The van der Waals surface area contributed by atoms with Crippen molar-refractivity contribution in [2.75, 3.05) is 5.32 Å². The molecule has 4 N–H and O–H groups in total. The second-order valence-electron chi connectivity index (χ2n) is 4.79. The Morgan fingerprint density at radius 1 is 1.33 bits per heavy atom. The van der Waals surface area contributed by atoms with Crippen LogP contribution >= 0.6 is 0 Å². The van der Waals surface area contributed by atoms with Crippen LogP contribution in [0.3, 0.4) is 0 Å². The highest BCUT2D eigenvalue weighted by atomic mass is 16.1. The zero-order chi connectivity index (χ0) is 12.5. The fraction of sp³-hybridized carbons (Fsp3) is 0.417. The van der Waals surface area contributed by atoms with Crippen molar-refractivity contribution >= 4 is 22.6 Å². The van der Waals surface area contributed by atoms with E-state index >= 15 is 0 Å². The summed E-state index contributed by atoms with van der Waals surface area (Å²) in [6.45, 7) is 0. The van der Waals surface area contributed by atoms with Gasteiger partial charge in [-0.25, -0.2) is 0 Å². The summed E-state index contributed by atoms with van der Waals surface area (Å²) in [5, 5.41) is 13.4. The average molecular weight is 245 g/mol. The van der Waals surface area contributed by atoms with E-state index in [1.807, 2.05) is 18.2 Å². The summed E-state index contributed by atoms with van der Waals surface area (Å²) in [4.78, 5) is 12.0. The first-order chi connectivity index (χ1) is 8.72. The van der Waals surface area contributed by atoms with Crippen LogP contribution in [-0.2, 0) is 4.79 Å². The fourth-order valence-electron chi connectivity index (χ4n) is 2.42. The third kappa shape index (κ3) is 2.06. The van der Waals surface area contributed by atoms with Crippen molar-refractivity contribution in [3.8, 4) is 0 Å². The maximum absolute atomic E-state index is 12.0. The van der Waals surface area contributed by atoms with Crippen LogP contribution in [0.25, 0.3) is 11.0 Å². The maximum Gasteiger partial charge on any atom is 0.227 e. The summed E-state index contributed by atoms with van der Waals surface area (Å²) in [5.41, 5.74) is 8.10. The zero-order valence-corrected chi connectivity index (χ0v) is 9.89. The number of hydrogen-bond donors (Lipinski definition) is 3. The highest BCUT2D eigenvalue weighted by molar-refractivity contribution is 5.94. The molecule has 1 aromatic carbocycles. The number of fused-ring (bicyclic) bond motifs is 1. The molecule has 1 aliphatic carbocycles. The van der Waals surface area contributed by atoms with Gasteiger partial charge in [0.1, 0.15) is 11.0 Å². The van der Waals surface area contributed by atoms with E-state index < -0.39 is 0 Å². The van der Waals surface area contributed by atoms with E-state index in [0.717, 1.165) is 36.0 Å². The van der Waals surface area contributed by atoms with Gasteiger partial charge in [0.05, 0.1) is 0 Å². The van der Waals surface area contributed by atoms with Crippen LogP contribution in [0, 0.1) is 5.92 Å². The Bertz CT molecular complexity index is 579. The molecule has 2 atom stereocenters. The lowest BCUT2D eigenvalue weighted by Crippen LogP contribution is -2.23. The van der Waals surface area contributed by atoms with Crippen molar-refractivity contribution in [3.63, 3.8) is 0 Å². The Balaban J connectivity index is 1.73. The van der Waals surface area contributed by atoms with Crippen molar-refractivity contribution < 1.29 is 4.79 Å². The van der Waals surface area contributed by atoms with Crippen LogP contribution in [0.2, 0.25) is 0 Å². The zero-order valence-electron chi connectivity index (χ0n) is 9.89. The number of benzene rings is 1. The van der Waals surface area contributed by atoms with Crippen LogP contribution in [0.4, 0.5) is 5.69 Å². The number of nitrogens with two attached hydrogens (primary N) is 1. The Morgan fingerprint density at radius 3 is 2.94 bits per heavy atom. The van der Waals surface area contributed by atoms with E-state index in [-0.39, 0.29) is 17.9 Å². The van der Waals surface area contributed by atoms with E-state index in [1.165, 1.54) is 0 Å². The van der Waals surface area contributed by atoms with Gasteiger partial charge in [-0.2, -0.15) is 15.4 Å². The Morgan fingerprint density at radius 2 is 2.17 bits per heavy atom. The van der Waals surface area contributed by atoms with E-state index in [0.29, 0.717) is 0 Å². The molecular formula is C12H15N5O. The van der Waals surface area contributed by atoms with Gasteiger partial charge >= 0.3 is 0 Å². The van der Waals surface area contributed by atoms with Crippen molar-refractivity contribution in [2.45, 2.75) is 25.3 Å². The van der Waals surface area contributed by atoms with Crippen LogP contribution in [0.15, 0.2) is 18.2 Å². The molecule has 1 aromatic heterocycles. The number of nitrogens with zero attached hydrogens (tertiary/aromatic N) is 2. The van der Waals surface area contributed by atoms with Gasteiger partial charge in [0.2, 0.25) is 5.91 Å². The molecule has 0 bridgehead atoms. The molecule has 94 valence electrons. The van der Waals surface area contributed by atoms with Gasteiger partial charge in [-0.05, 0) is 37.5 Å². The number of anilines is 1. The first-order valence-electron chi connectivity index (χ1n) is 6.09. The molecule has 0 aliphatic heterocycles. The van der Waals surface area contributed by atoms with Crippen LogP contribution in [0.1, 0.15) is 19.3 Å². The SMILES string of the molecule is NC1CCC(C(=O)Nc2ccc3n[nH]nc3c2)C1. The number of H-pyrrole nitrogens is 1. The number of carbonyl (C=O) groups is 1. The van der Waals surface area contributed by atoms with Crippen molar-refractivity contribution in [3.05, 3.63) is 18.2 Å². The molecule has 1 fully saturated rings. The van der Waals surface area contributed by atoms with E-state index in [9.17, 15) is 4.79 Å². The van der Waals surface area contributed by atoms with E-state index in [2.05, 4.69) is 20.7 Å². The smallest absolute Gasteiger partial charge is 0.227 e. The molecule has 6 heteroatoms. The molecule has 18 heavy (non-hydrogen) atoms. The second-order valence-corrected chi connectivity index (χ2v) is 4.79. The molecular weight excluding hydrogens is 230 g/mol. The predicted octanol–water partition coefficient (Wildman–Crippen LogP) is 1.02. The van der Waals surface area contributed by atoms with Crippen molar-refractivity contribution in [2.24, 2.45) is 11.7 Å². The van der Waals surface area contributed by atoms with Crippen molar-refractivity contribution in [1.29, 1.82) is 0 Å². The largest absolute Gasteiger partial charge is 0.328 e. The first kappa shape index (κ1) is 11.2. The third-order valence-electron chi connectivity index (χ3n) is 3.43. The first-order valence-corrected chi connectivity index (χ1v) is 6.09. The topological polar surface area (TPSA) is 96.7 Å². The Labute approximate surface area is 104 Å². The molecule has 6 nitrogen and oxygen atoms in total. The van der Waals surface area contributed by atoms with Gasteiger partial charge in [-0.15, -0.1) is 0 Å². The molecule has 2 unspecified atom stereocenters. The molecule has 1 heterocycles. The second kappa shape index (κ2) is 4.38. The molecule has 1 aliphatic rings. The molecule has 0 spiro atoms. The fourth-order valence-corrected chi connectivity index (χ4v) is 2.42. The van der Waals surface area contributed by atoms with Gasteiger partial charge in [0.15, 0.2) is 0 Å². The number of nitrogens with one attached hydrogen (secondary N) is 2. The third-order valence-corrected chi connectivity index (χ3v) is 3.43. The number of rotatable bonds is 2. The summed E-state index contributed by atoms with van der Waals surface area (Å²) in [6.07, 6.45) is 2.58. The van der Waals surface area contributed by atoms with E-state index in [1.54, 1.807) is 0 Å². The Hall–Kier alpha value is -1.95. The summed E-state index contributed by atoms with van der Waals surface area (Å²) in [7, 11) is 0. The van der Waals surface area contributed by atoms with Crippen molar-refractivity contribution in [1.82, 2.24) is 15.4 Å². The number of aromatic amines is 1. The van der Waals surface area contributed by atoms with Gasteiger partial charge in [-0.3, -0.25) is 4.79 Å². The molecule has 1 saturated carbocycles. The van der Waals surface area contributed by atoms with Crippen LogP contribution in [-0.4, -0.2) is 27.4 Å². The maximum atomic E-state index is 12.0. The summed E-state index contributed by atoms with van der Waals surface area (Å²) in [5.74, 6) is 0.0822. The standard InChI is InChI=1S/C12H15N5O/c13-8-2-1-7(5-8)12(18)14-9-3-4-10-11(6-9)16-17-15-10/h3-4,6-8H,1-2,5,13H2,(H,14,18)(H,15,16,17). The van der Waals surface area contributed by atoms with E-state index in [4.69, 9.17) is 5.73 Å². The monoisotopic (exact) mass is 245 g/mol. The lowest BCUT2D eigenvalue weighted by Gasteiger charge is -2.10. The highest BCUT2D eigenvalue weighted by Crippen LogP contribution is 2.25. The number of aromatic nitrogens is 3. The van der Waals surface area contributed by atoms with Crippen LogP contribution < -0.4 is 11.1 Å². The minimum Gasteiger partial charge on any atom is -0.328 e. The Kier molecular flexibility index (Phi) is 2.71. The normalized spacial score (nSPS) is 23.4. The van der Waals surface area contributed by atoms with Gasteiger partial charge in [0, 0.05) is 17.6 Å². The lowest BCUT2D eigenvalue weighted by atomic mass is 10.1. The number of hydrogen-bond acceptors (Lipinski definition) is 4. The lowest BCUT2D eigenvalue weighted by molar-refractivity contribution is -0.119. The highest BCUT2D eigenvalue weighted by Gasteiger charge is 2.27. The molecule has 1 amide bonds. The van der Waals surface area contributed by atoms with Gasteiger partial charge < -0.3 is 11.1 Å². The summed E-state index contributed by atoms with van der Waals surface area (Å²) < 4.78 is 0. The molecule has 3 rings (SSSR count). The average Bonchev–Trinajstić information content (AvgIpc) is 2.96. The number of carbonyl (C=O) groups excluding carboxylic acids is 1. The van der Waals surface area contributed by atoms with Gasteiger partial charge in [-0.1, -0.05) is 0 Å².